The van der Waals surface area contributed by atoms with Crippen LogP contribution in [-0.4, -0.2) is 15.3 Å². The molecule has 4 aromatic rings. The highest BCUT2D eigenvalue weighted by Crippen LogP contribution is 2.41. The molecule has 0 aliphatic heterocycles. The largest absolute Gasteiger partial charge is 0.508 e. The highest BCUT2D eigenvalue weighted by Gasteiger charge is 2.31. The van der Waals surface area contributed by atoms with Crippen molar-refractivity contribution in [2.24, 2.45) is 0 Å². The van der Waals surface area contributed by atoms with Gasteiger partial charge in [0.05, 0.1) is 0 Å². The van der Waals surface area contributed by atoms with Crippen LogP contribution in [-0.2, 0) is 5.41 Å². The van der Waals surface area contributed by atoms with Crippen LogP contribution in [0.1, 0.15) is 47.6 Å². The van der Waals surface area contributed by atoms with Gasteiger partial charge in [-0.2, -0.15) is 0 Å². The highest BCUT2D eigenvalue weighted by atomic mass is 16.3. The van der Waals surface area contributed by atoms with Gasteiger partial charge in [-0.15, -0.1) is 0 Å². The zero-order valence-corrected chi connectivity index (χ0v) is 17.7. The molecule has 1 atom stereocenters. The lowest BCUT2D eigenvalue weighted by molar-refractivity contribution is 0.474. The summed E-state index contributed by atoms with van der Waals surface area (Å²) >= 11 is 0. The standard InChI is InChI=1S/C28H26O3/c1-19(20-6-12-25(29)13-7-20)21-4-3-5-24(18-21)28(2,22-8-14-26(30)15-9-22)23-10-16-27(31)17-11-23/h3-19,29-31H,1-2H3. The Bertz CT molecular complexity index is 1110. The van der Waals surface area contributed by atoms with E-state index >= 15 is 0 Å². The molecule has 0 saturated carbocycles. The van der Waals surface area contributed by atoms with Crippen LogP contribution >= 0.6 is 0 Å². The molecule has 0 aromatic heterocycles. The van der Waals surface area contributed by atoms with Crippen molar-refractivity contribution in [3.63, 3.8) is 0 Å². The molecule has 0 spiro atoms. The average molecular weight is 411 g/mol. The van der Waals surface area contributed by atoms with E-state index in [1.807, 2.05) is 36.4 Å². The maximum Gasteiger partial charge on any atom is 0.115 e. The summed E-state index contributed by atoms with van der Waals surface area (Å²) in [6.45, 7) is 4.32. The summed E-state index contributed by atoms with van der Waals surface area (Å²) in [6.07, 6.45) is 0. The van der Waals surface area contributed by atoms with Gasteiger partial charge in [0.15, 0.2) is 0 Å². The van der Waals surface area contributed by atoms with Gasteiger partial charge in [-0.3, -0.25) is 0 Å². The zero-order chi connectivity index (χ0) is 22.0. The van der Waals surface area contributed by atoms with Gasteiger partial charge in [0.2, 0.25) is 0 Å². The average Bonchev–Trinajstić information content (AvgIpc) is 2.79. The van der Waals surface area contributed by atoms with E-state index in [1.165, 1.54) is 5.56 Å². The minimum absolute atomic E-state index is 0.157. The Morgan fingerprint density at radius 1 is 0.548 bits per heavy atom. The molecule has 3 heteroatoms. The summed E-state index contributed by atoms with van der Waals surface area (Å²) in [5, 5.41) is 29.2. The topological polar surface area (TPSA) is 60.7 Å². The predicted molar refractivity (Wildman–Crippen MR) is 124 cm³/mol. The van der Waals surface area contributed by atoms with Crippen molar-refractivity contribution in [1.29, 1.82) is 0 Å². The number of hydrogen-bond acceptors (Lipinski definition) is 3. The molecule has 156 valence electrons. The van der Waals surface area contributed by atoms with Crippen molar-refractivity contribution >= 4 is 0 Å². The molecule has 3 nitrogen and oxygen atoms in total. The first-order valence-electron chi connectivity index (χ1n) is 10.4. The molecule has 0 aliphatic rings. The Hall–Kier alpha value is -3.72. The second-order valence-corrected chi connectivity index (χ2v) is 8.16. The lowest BCUT2D eigenvalue weighted by Crippen LogP contribution is -2.25. The summed E-state index contributed by atoms with van der Waals surface area (Å²) in [5.41, 5.74) is 5.03. The molecule has 31 heavy (non-hydrogen) atoms. The quantitative estimate of drug-likeness (QED) is 0.338. The van der Waals surface area contributed by atoms with Gasteiger partial charge in [-0.1, -0.05) is 67.6 Å². The van der Waals surface area contributed by atoms with Gasteiger partial charge in [-0.05, 0) is 71.1 Å². The third-order valence-corrected chi connectivity index (χ3v) is 6.25. The van der Waals surface area contributed by atoms with E-state index in [4.69, 9.17) is 0 Å². The summed E-state index contributed by atoms with van der Waals surface area (Å²) in [4.78, 5) is 0. The van der Waals surface area contributed by atoms with Crippen LogP contribution in [0.25, 0.3) is 0 Å². The number of phenols is 3. The molecule has 1 unspecified atom stereocenters. The van der Waals surface area contributed by atoms with Gasteiger partial charge < -0.3 is 15.3 Å². The first-order valence-corrected chi connectivity index (χ1v) is 10.4. The molecule has 0 radical (unpaired) electrons. The van der Waals surface area contributed by atoms with Crippen LogP contribution in [0.4, 0.5) is 0 Å². The number of rotatable bonds is 5. The molecule has 0 bridgehead atoms. The molecule has 0 heterocycles. The molecule has 0 amide bonds. The van der Waals surface area contributed by atoms with Gasteiger partial charge >= 0.3 is 0 Å². The Morgan fingerprint density at radius 2 is 1.00 bits per heavy atom. The lowest BCUT2D eigenvalue weighted by Gasteiger charge is -2.32. The maximum atomic E-state index is 9.81. The monoisotopic (exact) mass is 410 g/mol. The van der Waals surface area contributed by atoms with Crippen LogP contribution in [0.5, 0.6) is 17.2 Å². The first kappa shape index (κ1) is 20.5. The first-order chi connectivity index (χ1) is 14.9. The summed E-state index contributed by atoms with van der Waals surface area (Å²) < 4.78 is 0. The minimum Gasteiger partial charge on any atom is -0.508 e. The van der Waals surface area contributed by atoms with Crippen molar-refractivity contribution in [2.75, 3.05) is 0 Å². The number of phenolic OH excluding ortho intramolecular Hbond substituents is 3. The fourth-order valence-corrected chi connectivity index (χ4v) is 4.16. The Balaban J connectivity index is 1.84. The minimum atomic E-state index is -0.480. The molecule has 3 N–H and O–H groups in total. The lowest BCUT2D eigenvalue weighted by atomic mass is 9.70. The van der Waals surface area contributed by atoms with Crippen molar-refractivity contribution in [1.82, 2.24) is 0 Å². The molecule has 0 saturated heterocycles. The predicted octanol–water partition coefficient (Wildman–Crippen LogP) is 6.31. The summed E-state index contributed by atoms with van der Waals surface area (Å²) in [5.74, 6) is 0.874. The van der Waals surface area contributed by atoms with Gasteiger partial charge in [0.1, 0.15) is 17.2 Å². The number of aromatic hydroxyl groups is 3. The van der Waals surface area contributed by atoms with Gasteiger partial charge in [-0.25, -0.2) is 0 Å². The van der Waals surface area contributed by atoms with Crippen molar-refractivity contribution in [2.45, 2.75) is 25.2 Å². The Kier molecular flexibility index (Phi) is 5.43. The van der Waals surface area contributed by atoms with Crippen molar-refractivity contribution in [3.05, 3.63) is 125 Å². The summed E-state index contributed by atoms with van der Waals surface area (Å²) in [6, 6.07) is 30.4. The van der Waals surface area contributed by atoms with E-state index in [9.17, 15) is 15.3 Å². The van der Waals surface area contributed by atoms with Gasteiger partial charge in [0.25, 0.3) is 0 Å². The van der Waals surface area contributed by atoms with E-state index in [2.05, 4.69) is 38.1 Å². The smallest absolute Gasteiger partial charge is 0.115 e. The Labute approximate surface area is 182 Å². The molecule has 0 fully saturated rings. The van der Waals surface area contributed by atoms with E-state index < -0.39 is 5.41 Å². The number of hydrogen-bond donors (Lipinski definition) is 3. The fraction of sp³-hybridized carbons (Fsp3) is 0.143. The second-order valence-electron chi connectivity index (χ2n) is 8.16. The molecular formula is C28H26O3. The van der Waals surface area contributed by atoms with E-state index in [0.717, 1.165) is 22.3 Å². The zero-order valence-electron chi connectivity index (χ0n) is 17.7. The third kappa shape index (κ3) is 3.99. The van der Waals surface area contributed by atoms with Gasteiger partial charge in [0, 0.05) is 11.3 Å². The molecule has 0 aliphatic carbocycles. The number of benzene rings is 4. The van der Waals surface area contributed by atoms with E-state index in [1.54, 1.807) is 36.4 Å². The van der Waals surface area contributed by atoms with Crippen LogP contribution in [0.15, 0.2) is 97.1 Å². The highest BCUT2D eigenvalue weighted by molar-refractivity contribution is 5.52. The van der Waals surface area contributed by atoms with Crippen LogP contribution in [0, 0.1) is 0 Å². The van der Waals surface area contributed by atoms with E-state index in [0.29, 0.717) is 0 Å². The third-order valence-electron chi connectivity index (χ3n) is 6.25. The van der Waals surface area contributed by atoms with Crippen LogP contribution in [0.2, 0.25) is 0 Å². The van der Waals surface area contributed by atoms with Crippen molar-refractivity contribution < 1.29 is 15.3 Å². The maximum absolute atomic E-state index is 9.81. The SMILES string of the molecule is CC(c1ccc(O)cc1)c1cccc(C(C)(c2ccc(O)cc2)c2ccc(O)cc2)c1. The van der Waals surface area contributed by atoms with Crippen molar-refractivity contribution in [3.8, 4) is 17.2 Å². The van der Waals surface area contributed by atoms with Crippen LogP contribution in [0.3, 0.4) is 0 Å². The second kappa shape index (κ2) is 8.19. The van der Waals surface area contributed by atoms with E-state index in [-0.39, 0.29) is 23.2 Å². The molecular weight excluding hydrogens is 384 g/mol. The molecule has 4 aromatic carbocycles. The molecule has 4 rings (SSSR count). The fourth-order valence-electron chi connectivity index (χ4n) is 4.16. The van der Waals surface area contributed by atoms with Crippen LogP contribution < -0.4 is 0 Å². The Morgan fingerprint density at radius 3 is 1.48 bits per heavy atom. The normalized spacial score (nSPS) is 12.5. The summed E-state index contributed by atoms with van der Waals surface area (Å²) in [7, 11) is 0.